The van der Waals surface area contributed by atoms with E-state index in [4.69, 9.17) is 4.52 Å². The highest BCUT2D eigenvalue weighted by Gasteiger charge is 2.33. The molecule has 1 amide bonds. The van der Waals surface area contributed by atoms with E-state index < -0.39 is 11.7 Å². The fraction of sp³-hybridized carbons (Fsp3) is 0.471. The zero-order valence-corrected chi connectivity index (χ0v) is 13.7. The third kappa shape index (κ3) is 3.83. The summed E-state index contributed by atoms with van der Waals surface area (Å²) >= 11 is 0. The lowest BCUT2D eigenvalue weighted by Crippen LogP contribution is -2.37. The molecule has 0 aliphatic carbocycles. The first-order valence-electron chi connectivity index (χ1n) is 8.09. The summed E-state index contributed by atoms with van der Waals surface area (Å²) in [5.41, 5.74) is 0.0834. The van der Waals surface area contributed by atoms with Crippen LogP contribution in [-0.4, -0.2) is 34.5 Å². The topological polar surface area (TPSA) is 59.2 Å². The van der Waals surface area contributed by atoms with Gasteiger partial charge in [-0.2, -0.15) is 18.2 Å². The molecule has 0 spiro atoms. The predicted octanol–water partition coefficient (Wildman–Crippen LogP) is 3.38. The number of benzene rings is 1. The molecule has 1 saturated heterocycles. The van der Waals surface area contributed by atoms with Gasteiger partial charge in [-0.1, -0.05) is 24.2 Å². The fourth-order valence-corrected chi connectivity index (χ4v) is 3.16. The third-order valence-electron chi connectivity index (χ3n) is 4.49. The second kappa shape index (κ2) is 6.85. The van der Waals surface area contributed by atoms with Gasteiger partial charge in [0.1, 0.15) is 0 Å². The number of carbonyl (C=O) groups excluding carboxylic acids is 1. The van der Waals surface area contributed by atoms with E-state index in [1.54, 1.807) is 4.90 Å². The van der Waals surface area contributed by atoms with Crippen molar-refractivity contribution in [3.8, 4) is 0 Å². The lowest BCUT2D eigenvalue weighted by atomic mass is 9.84. The number of carbonyl (C=O) groups is 1. The van der Waals surface area contributed by atoms with E-state index in [9.17, 15) is 18.0 Å². The molecule has 0 saturated carbocycles. The van der Waals surface area contributed by atoms with Gasteiger partial charge in [0, 0.05) is 25.4 Å². The Labute approximate surface area is 142 Å². The number of likely N-dealkylation sites (tertiary alicyclic amines) is 1. The first-order valence-corrected chi connectivity index (χ1v) is 8.09. The van der Waals surface area contributed by atoms with Crippen LogP contribution in [0.25, 0.3) is 0 Å². The monoisotopic (exact) mass is 353 g/mol. The molecule has 0 radical (unpaired) electrons. The average molecular weight is 353 g/mol. The molecule has 1 aromatic carbocycles. The van der Waals surface area contributed by atoms with Crippen LogP contribution in [0.3, 0.4) is 0 Å². The second-order valence-electron chi connectivity index (χ2n) is 6.21. The van der Waals surface area contributed by atoms with Crippen LogP contribution in [0, 0.1) is 0 Å². The summed E-state index contributed by atoms with van der Waals surface area (Å²) in [6.07, 6.45) is -2.32. The molecule has 8 heteroatoms. The summed E-state index contributed by atoms with van der Waals surface area (Å²) in [7, 11) is 0. The Balaban J connectivity index is 1.81. The number of aromatic nitrogens is 2. The number of alkyl halides is 3. The Kier molecular flexibility index (Phi) is 4.78. The molecular formula is C17H18F3N3O2. The van der Waals surface area contributed by atoms with Crippen LogP contribution in [0.1, 0.15) is 48.0 Å². The van der Waals surface area contributed by atoms with Crippen LogP contribution >= 0.6 is 0 Å². The molecule has 3 rings (SSSR count). The van der Waals surface area contributed by atoms with Gasteiger partial charge in [-0.3, -0.25) is 4.79 Å². The maximum atomic E-state index is 12.7. The molecule has 2 atom stereocenters. The lowest BCUT2D eigenvalue weighted by molar-refractivity contribution is -0.137. The minimum absolute atomic E-state index is 0.0804. The molecule has 5 nitrogen and oxygen atoms in total. The molecular weight excluding hydrogens is 335 g/mol. The van der Waals surface area contributed by atoms with Crippen molar-refractivity contribution in [1.82, 2.24) is 15.0 Å². The number of aryl methyl sites for hydroxylation is 1. The summed E-state index contributed by atoms with van der Waals surface area (Å²) < 4.78 is 43.4. The lowest BCUT2D eigenvalue weighted by Gasteiger charge is -2.34. The van der Waals surface area contributed by atoms with Crippen molar-refractivity contribution in [2.45, 2.75) is 37.8 Å². The van der Waals surface area contributed by atoms with Gasteiger partial charge in [0.05, 0.1) is 11.5 Å². The Hall–Kier alpha value is -2.38. The molecule has 0 bridgehead atoms. The van der Waals surface area contributed by atoms with Crippen LogP contribution < -0.4 is 0 Å². The van der Waals surface area contributed by atoms with Crippen LogP contribution in [0.5, 0.6) is 0 Å². The smallest absolute Gasteiger partial charge is 0.344 e. The van der Waals surface area contributed by atoms with Crippen molar-refractivity contribution >= 4 is 6.41 Å². The molecule has 1 aliphatic heterocycles. The van der Waals surface area contributed by atoms with Gasteiger partial charge in [-0.15, -0.1) is 0 Å². The van der Waals surface area contributed by atoms with Crippen molar-refractivity contribution in [2.24, 2.45) is 0 Å². The standard InChI is InChI=1S/C17H18F3N3O2/c1-2-15-21-16(25-22-15)13-7-12(8-23(9-13)10-24)11-3-5-14(6-4-11)17(18,19)20/h3-6,10,12-13H,2,7-9H2,1H3. The van der Waals surface area contributed by atoms with Crippen molar-refractivity contribution in [2.75, 3.05) is 13.1 Å². The molecule has 134 valence electrons. The summed E-state index contributed by atoms with van der Waals surface area (Å²) in [5.74, 6) is 0.867. The molecule has 0 N–H and O–H groups in total. The van der Waals surface area contributed by atoms with Gasteiger partial charge in [0.25, 0.3) is 0 Å². The van der Waals surface area contributed by atoms with E-state index in [1.807, 2.05) is 6.92 Å². The van der Waals surface area contributed by atoms with E-state index in [2.05, 4.69) is 10.1 Å². The number of nitrogens with zero attached hydrogens (tertiary/aromatic N) is 3. The van der Waals surface area contributed by atoms with Crippen LogP contribution in [0.15, 0.2) is 28.8 Å². The number of rotatable bonds is 4. The summed E-state index contributed by atoms with van der Waals surface area (Å²) in [5, 5.41) is 3.88. The molecule has 25 heavy (non-hydrogen) atoms. The van der Waals surface area contributed by atoms with Crippen molar-refractivity contribution < 1.29 is 22.5 Å². The zero-order valence-electron chi connectivity index (χ0n) is 13.7. The van der Waals surface area contributed by atoms with E-state index in [0.29, 0.717) is 37.6 Å². The first kappa shape index (κ1) is 17.4. The fourth-order valence-electron chi connectivity index (χ4n) is 3.16. The minimum atomic E-state index is -4.36. The first-order chi connectivity index (χ1) is 11.9. The van der Waals surface area contributed by atoms with Gasteiger partial charge < -0.3 is 9.42 Å². The van der Waals surface area contributed by atoms with Gasteiger partial charge in [-0.25, -0.2) is 0 Å². The molecule has 2 heterocycles. The summed E-state index contributed by atoms with van der Waals surface area (Å²) in [4.78, 5) is 17.2. The van der Waals surface area contributed by atoms with Crippen LogP contribution in [0.2, 0.25) is 0 Å². The number of piperidine rings is 1. The predicted molar refractivity (Wildman–Crippen MR) is 82.9 cm³/mol. The summed E-state index contributed by atoms with van der Waals surface area (Å²) in [6.45, 7) is 2.84. The van der Waals surface area contributed by atoms with Gasteiger partial charge in [0.2, 0.25) is 12.3 Å². The highest BCUT2D eigenvalue weighted by atomic mass is 19.4. The maximum absolute atomic E-state index is 12.7. The SMILES string of the molecule is CCc1noc(C2CC(c3ccc(C(F)(F)F)cc3)CN(C=O)C2)n1. The quantitative estimate of drug-likeness (QED) is 0.791. The Morgan fingerprint density at radius 1 is 1.24 bits per heavy atom. The van der Waals surface area contributed by atoms with E-state index >= 15 is 0 Å². The minimum Gasteiger partial charge on any atom is -0.344 e. The molecule has 1 fully saturated rings. The number of halogens is 3. The van der Waals surface area contributed by atoms with E-state index in [0.717, 1.165) is 24.1 Å². The van der Waals surface area contributed by atoms with Crippen molar-refractivity contribution in [3.63, 3.8) is 0 Å². The van der Waals surface area contributed by atoms with Gasteiger partial charge in [0.15, 0.2) is 5.82 Å². The Morgan fingerprint density at radius 2 is 1.92 bits per heavy atom. The van der Waals surface area contributed by atoms with Crippen LogP contribution in [-0.2, 0) is 17.4 Å². The second-order valence-corrected chi connectivity index (χ2v) is 6.21. The molecule has 2 aromatic rings. The Morgan fingerprint density at radius 3 is 2.48 bits per heavy atom. The van der Waals surface area contributed by atoms with Crippen molar-refractivity contribution in [3.05, 3.63) is 47.1 Å². The number of hydrogen-bond acceptors (Lipinski definition) is 4. The maximum Gasteiger partial charge on any atom is 0.416 e. The average Bonchev–Trinajstić information content (AvgIpc) is 3.10. The highest BCUT2D eigenvalue weighted by Crippen LogP contribution is 2.36. The van der Waals surface area contributed by atoms with E-state index in [-0.39, 0.29) is 11.8 Å². The van der Waals surface area contributed by atoms with E-state index in [1.165, 1.54) is 12.1 Å². The number of amides is 1. The third-order valence-corrected chi connectivity index (χ3v) is 4.49. The zero-order chi connectivity index (χ0) is 18.0. The van der Waals surface area contributed by atoms with Gasteiger partial charge >= 0.3 is 6.18 Å². The molecule has 1 aromatic heterocycles. The van der Waals surface area contributed by atoms with Crippen LogP contribution in [0.4, 0.5) is 13.2 Å². The highest BCUT2D eigenvalue weighted by molar-refractivity contribution is 5.48. The molecule has 1 aliphatic rings. The number of hydrogen-bond donors (Lipinski definition) is 0. The summed E-state index contributed by atoms with van der Waals surface area (Å²) in [6, 6.07) is 5.10. The largest absolute Gasteiger partial charge is 0.416 e. The van der Waals surface area contributed by atoms with Crippen molar-refractivity contribution in [1.29, 1.82) is 0 Å². The molecule has 2 unspecified atom stereocenters. The van der Waals surface area contributed by atoms with Gasteiger partial charge in [-0.05, 0) is 24.1 Å². The Bertz CT molecular complexity index is 727. The normalized spacial score (nSPS) is 21.4.